The molecule has 1 aliphatic carbocycles. The minimum Gasteiger partial charge on any atom is -0.496 e. The van der Waals surface area contributed by atoms with Crippen LogP contribution in [-0.2, 0) is 4.79 Å². The van der Waals surface area contributed by atoms with Crippen LogP contribution in [0.15, 0.2) is 42.5 Å². The number of hydrogen-bond acceptors (Lipinski definition) is 5. The number of carbonyl (C=O) groups is 1. The van der Waals surface area contributed by atoms with Crippen LogP contribution in [0.2, 0.25) is 0 Å². The molecule has 7 nitrogen and oxygen atoms in total. The van der Waals surface area contributed by atoms with E-state index in [9.17, 15) is 14.9 Å². The molecule has 0 bridgehead atoms. The third kappa shape index (κ3) is 5.00. The molecular weight excluding hydrogens is 360 g/mol. The number of nitro groups is 1. The Morgan fingerprint density at radius 2 is 1.79 bits per heavy atom. The van der Waals surface area contributed by atoms with Gasteiger partial charge in [-0.25, -0.2) is 0 Å². The van der Waals surface area contributed by atoms with E-state index in [1.165, 1.54) is 56.9 Å². The van der Waals surface area contributed by atoms with Crippen molar-refractivity contribution in [3.05, 3.63) is 58.1 Å². The average Bonchev–Trinajstić information content (AvgIpc) is 2.73. The fourth-order valence-electron chi connectivity index (χ4n) is 3.50. The summed E-state index contributed by atoms with van der Waals surface area (Å²) in [5.41, 5.74) is 1.18. The van der Waals surface area contributed by atoms with Crippen LogP contribution in [-0.4, -0.2) is 24.5 Å². The van der Waals surface area contributed by atoms with Crippen molar-refractivity contribution in [2.75, 3.05) is 19.0 Å². The number of nitrogens with one attached hydrogen (secondary N) is 1. The maximum Gasteiger partial charge on any atom is 0.296 e. The summed E-state index contributed by atoms with van der Waals surface area (Å²) >= 11 is 0. The van der Waals surface area contributed by atoms with Gasteiger partial charge in [-0.05, 0) is 48.6 Å². The number of methoxy groups -OCH3 is 1. The first kappa shape index (κ1) is 19.7. The molecule has 1 saturated carbocycles. The fraction of sp³-hybridized carbons (Fsp3) is 0.381. The van der Waals surface area contributed by atoms with E-state index < -0.39 is 10.8 Å². The van der Waals surface area contributed by atoms with E-state index in [4.69, 9.17) is 9.47 Å². The molecule has 0 aromatic heterocycles. The second-order valence-electron chi connectivity index (χ2n) is 6.88. The van der Waals surface area contributed by atoms with E-state index >= 15 is 0 Å². The van der Waals surface area contributed by atoms with Crippen LogP contribution < -0.4 is 14.8 Å². The van der Waals surface area contributed by atoms with Gasteiger partial charge in [0.05, 0.1) is 18.1 Å². The van der Waals surface area contributed by atoms with Crippen LogP contribution in [0.25, 0.3) is 0 Å². The maximum atomic E-state index is 12.1. The Labute approximate surface area is 163 Å². The summed E-state index contributed by atoms with van der Waals surface area (Å²) in [6, 6.07) is 12.1. The highest BCUT2D eigenvalue weighted by molar-refractivity contribution is 5.94. The zero-order valence-electron chi connectivity index (χ0n) is 15.8. The smallest absolute Gasteiger partial charge is 0.296 e. The highest BCUT2D eigenvalue weighted by atomic mass is 16.6. The summed E-state index contributed by atoms with van der Waals surface area (Å²) in [6.07, 6.45) is 6.33. The molecule has 1 fully saturated rings. The number of hydrogen-bond donors (Lipinski definition) is 1. The topological polar surface area (TPSA) is 90.7 Å². The molecule has 0 atom stereocenters. The van der Waals surface area contributed by atoms with Gasteiger partial charge in [0, 0.05) is 0 Å². The molecule has 1 aliphatic rings. The standard InChI is InChI=1S/C21H24N2O5/c1-27-18-11-12-19(20(13-18)23(25)26)22-21(24)14-28-17-9-7-16(8-10-17)15-5-3-2-4-6-15/h7-13,15H,2-6,14H2,1H3,(H,22,24). The molecule has 1 N–H and O–H groups in total. The average molecular weight is 384 g/mol. The van der Waals surface area contributed by atoms with Crippen molar-refractivity contribution in [1.29, 1.82) is 0 Å². The molecule has 0 saturated heterocycles. The number of benzene rings is 2. The minimum absolute atomic E-state index is 0.104. The maximum absolute atomic E-state index is 12.1. The molecule has 2 aromatic rings. The van der Waals surface area contributed by atoms with Gasteiger partial charge in [0.15, 0.2) is 6.61 Å². The molecule has 0 aliphatic heterocycles. The number of anilines is 1. The molecule has 0 unspecified atom stereocenters. The van der Waals surface area contributed by atoms with Gasteiger partial charge in [-0.15, -0.1) is 0 Å². The van der Waals surface area contributed by atoms with Crippen molar-refractivity contribution < 1.29 is 19.2 Å². The molecule has 28 heavy (non-hydrogen) atoms. The second-order valence-corrected chi connectivity index (χ2v) is 6.88. The quantitative estimate of drug-likeness (QED) is 0.553. The summed E-state index contributed by atoms with van der Waals surface area (Å²) in [4.78, 5) is 22.8. The largest absolute Gasteiger partial charge is 0.496 e. The van der Waals surface area contributed by atoms with Gasteiger partial charge in [-0.2, -0.15) is 0 Å². The number of amides is 1. The molecule has 3 rings (SSSR count). The second kappa shape index (κ2) is 9.21. The SMILES string of the molecule is COc1ccc(NC(=O)COc2ccc(C3CCCCC3)cc2)c([N+](=O)[O-])c1. The third-order valence-corrected chi connectivity index (χ3v) is 5.00. The van der Waals surface area contributed by atoms with Crippen molar-refractivity contribution >= 4 is 17.3 Å². The van der Waals surface area contributed by atoms with E-state index in [1.54, 1.807) is 6.07 Å². The zero-order chi connectivity index (χ0) is 19.9. The molecule has 1 amide bonds. The normalized spacial score (nSPS) is 14.3. The molecule has 148 valence electrons. The molecular formula is C21H24N2O5. The van der Waals surface area contributed by atoms with Gasteiger partial charge in [0.25, 0.3) is 11.6 Å². The van der Waals surface area contributed by atoms with Crippen LogP contribution in [0.1, 0.15) is 43.6 Å². The lowest BCUT2D eigenvalue weighted by atomic mass is 9.84. The van der Waals surface area contributed by atoms with Gasteiger partial charge in [-0.3, -0.25) is 14.9 Å². The molecule has 0 spiro atoms. The van der Waals surface area contributed by atoms with Crippen LogP contribution in [0, 0.1) is 10.1 Å². The van der Waals surface area contributed by atoms with Crippen LogP contribution in [0.4, 0.5) is 11.4 Å². The molecule has 7 heteroatoms. The van der Waals surface area contributed by atoms with Crippen molar-refractivity contribution in [2.45, 2.75) is 38.0 Å². The predicted octanol–water partition coefficient (Wildman–Crippen LogP) is 4.67. The first-order valence-electron chi connectivity index (χ1n) is 9.42. The van der Waals surface area contributed by atoms with Gasteiger partial charge in [-0.1, -0.05) is 31.4 Å². The third-order valence-electron chi connectivity index (χ3n) is 5.00. The van der Waals surface area contributed by atoms with E-state index in [0.717, 1.165) is 0 Å². The summed E-state index contributed by atoms with van der Waals surface area (Å²) in [5, 5.41) is 13.7. The predicted molar refractivity (Wildman–Crippen MR) is 106 cm³/mol. The lowest BCUT2D eigenvalue weighted by Crippen LogP contribution is -2.20. The van der Waals surface area contributed by atoms with E-state index in [1.807, 2.05) is 12.1 Å². The number of rotatable bonds is 7. The van der Waals surface area contributed by atoms with E-state index in [0.29, 0.717) is 17.4 Å². The van der Waals surface area contributed by atoms with Crippen LogP contribution in [0.5, 0.6) is 11.5 Å². The highest BCUT2D eigenvalue weighted by Crippen LogP contribution is 2.33. The Bertz CT molecular complexity index is 829. The van der Waals surface area contributed by atoms with Gasteiger partial charge in [0.1, 0.15) is 17.2 Å². The Balaban J connectivity index is 1.56. The lowest BCUT2D eigenvalue weighted by molar-refractivity contribution is -0.384. The highest BCUT2D eigenvalue weighted by Gasteiger charge is 2.18. The monoisotopic (exact) mass is 384 g/mol. The van der Waals surface area contributed by atoms with Crippen molar-refractivity contribution in [1.82, 2.24) is 0 Å². The molecule has 2 aromatic carbocycles. The summed E-state index contributed by atoms with van der Waals surface area (Å²) in [5.74, 6) is 1.09. The Kier molecular flexibility index (Phi) is 6.47. The zero-order valence-corrected chi connectivity index (χ0v) is 15.8. The summed E-state index contributed by atoms with van der Waals surface area (Å²) in [6.45, 7) is -0.230. The molecule has 0 radical (unpaired) electrons. The van der Waals surface area contributed by atoms with Crippen molar-refractivity contribution in [2.24, 2.45) is 0 Å². The summed E-state index contributed by atoms with van der Waals surface area (Å²) in [7, 11) is 1.42. The Hall–Kier alpha value is -3.09. The van der Waals surface area contributed by atoms with Crippen LogP contribution in [0.3, 0.4) is 0 Å². The number of carbonyl (C=O) groups excluding carboxylic acids is 1. The number of ether oxygens (including phenoxy) is 2. The van der Waals surface area contributed by atoms with E-state index in [2.05, 4.69) is 17.4 Å². The number of nitrogens with zero attached hydrogens (tertiary/aromatic N) is 1. The van der Waals surface area contributed by atoms with Gasteiger partial charge in [0.2, 0.25) is 0 Å². The first-order chi connectivity index (χ1) is 13.6. The van der Waals surface area contributed by atoms with Gasteiger partial charge >= 0.3 is 0 Å². The van der Waals surface area contributed by atoms with Crippen molar-refractivity contribution in [3.63, 3.8) is 0 Å². The minimum atomic E-state index is -0.566. The molecule has 0 heterocycles. The van der Waals surface area contributed by atoms with Crippen LogP contribution >= 0.6 is 0 Å². The van der Waals surface area contributed by atoms with Gasteiger partial charge < -0.3 is 14.8 Å². The Morgan fingerprint density at radius 1 is 1.11 bits per heavy atom. The number of nitro benzene ring substituents is 1. The van der Waals surface area contributed by atoms with E-state index in [-0.39, 0.29) is 18.0 Å². The lowest BCUT2D eigenvalue weighted by Gasteiger charge is -2.22. The first-order valence-corrected chi connectivity index (χ1v) is 9.42. The van der Waals surface area contributed by atoms with Crippen molar-refractivity contribution in [3.8, 4) is 11.5 Å². The Morgan fingerprint density at radius 3 is 2.43 bits per heavy atom. The fourth-order valence-corrected chi connectivity index (χ4v) is 3.50. The summed E-state index contributed by atoms with van der Waals surface area (Å²) < 4.78 is 10.5.